The number of carbonyl (C=O) groups excluding carboxylic acids is 1. The third kappa shape index (κ3) is 11.1. The zero-order valence-electron chi connectivity index (χ0n) is 6.06. The Balaban J connectivity index is 0. The molecular formula is C5H14N2O2. The molecule has 0 radical (unpaired) electrons. The lowest BCUT2D eigenvalue weighted by Gasteiger charge is -1.94. The van der Waals surface area contributed by atoms with Gasteiger partial charge in [-0.2, -0.15) is 0 Å². The van der Waals surface area contributed by atoms with E-state index >= 15 is 0 Å². The largest absolute Gasteiger partial charge is 0.338 e. The van der Waals surface area contributed by atoms with E-state index in [0.717, 1.165) is 0 Å². The van der Waals surface area contributed by atoms with Crippen molar-refractivity contribution >= 4 is 6.03 Å². The van der Waals surface area contributed by atoms with Crippen LogP contribution in [0, 0.1) is 0 Å². The van der Waals surface area contributed by atoms with E-state index in [1.54, 1.807) is 6.92 Å². The molecule has 0 rings (SSSR count). The highest BCUT2D eigenvalue weighted by atomic mass is 16.5. The predicted molar refractivity (Wildman–Crippen MR) is 35.3 cm³/mol. The molecule has 0 atom stereocenters. The summed E-state index contributed by atoms with van der Waals surface area (Å²) in [6.45, 7) is 6.28. The van der Waals surface area contributed by atoms with Gasteiger partial charge in [0.1, 0.15) is 0 Å². The molecule has 4 nitrogen and oxygen atoms in total. The highest BCUT2D eigenvalue weighted by Gasteiger charge is 1.88. The monoisotopic (exact) mass is 134 g/mol. The van der Waals surface area contributed by atoms with Gasteiger partial charge in [0.25, 0.3) is 0 Å². The molecule has 0 aromatic carbocycles. The summed E-state index contributed by atoms with van der Waals surface area (Å²) in [7, 11) is 0. The van der Waals surface area contributed by atoms with Gasteiger partial charge in [0.2, 0.25) is 0 Å². The molecule has 0 bridgehead atoms. The maximum atomic E-state index is 9.94. The second-order valence-corrected chi connectivity index (χ2v) is 0.971. The number of hydrogen-bond acceptors (Lipinski definition) is 2. The molecule has 0 heterocycles. The van der Waals surface area contributed by atoms with Gasteiger partial charge in [-0.05, 0) is 6.92 Å². The summed E-state index contributed by atoms with van der Waals surface area (Å²) in [6.07, 6.45) is 0. The highest BCUT2D eigenvalue weighted by Crippen LogP contribution is 1.55. The predicted octanol–water partition coefficient (Wildman–Crippen LogP) is 0.721. The highest BCUT2D eigenvalue weighted by molar-refractivity contribution is 5.72. The van der Waals surface area contributed by atoms with Crippen LogP contribution >= 0.6 is 0 Å². The van der Waals surface area contributed by atoms with Crippen molar-refractivity contribution in [2.24, 2.45) is 0 Å². The van der Waals surface area contributed by atoms with Gasteiger partial charge in [-0.1, -0.05) is 13.8 Å². The fourth-order valence-electron chi connectivity index (χ4n) is 0.200. The zero-order valence-corrected chi connectivity index (χ0v) is 6.06. The smallest absolute Gasteiger partial charge is 0.337 e. The molecule has 0 unspecified atom stereocenters. The Morgan fingerprint density at radius 3 is 2.11 bits per heavy atom. The van der Waals surface area contributed by atoms with Crippen LogP contribution in [-0.4, -0.2) is 17.8 Å². The maximum absolute atomic E-state index is 9.94. The summed E-state index contributed by atoms with van der Waals surface area (Å²) >= 11 is 0. The fraction of sp³-hybridized carbons (Fsp3) is 0.800. The lowest BCUT2D eigenvalue weighted by molar-refractivity contribution is 0.162. The van der Waals surface area contributed by atoms with Gasteiger partial charge in [0, 0.05) is 6.54 Å². The summed E-state index contributed by atoms with van der Waals surface area (Å²) in [5.74, 6) is 0. The molecule has 3 N–H and O–H groups in total. The van der Waals surface area contributed by atoms with Crippen LogP contribution in [0.1, 0.15) is 20.8 Å². The van der Waals surface area contributed by atoms with Crippen LogP contribution in [0.15, 0.2) is 0 Å². The Hall–Kier alpha value is -0.770. The van der Waals surface area contributed by atoms with E-state index in [4.69, 9.17) is 5.21 Å². The number of nitrogens with one attached hydrogen (secondary N) is 2. The first-order chi connectivity index (χ1) is 4.31. The van der Waals surface area contributed by atoms with Crippen LogP contribution in [0.3, 0.4) is 0 Å². The molecule has 0 saturated heterocycles. The SMILES string of the molecule is CC.CCNC(=O)NO. The van der Waals surface area contributed by atoms with Gasteiger partial charge in [0.15, 0.2) is 0 Å². The first kappa shape index (κ1) is 11.1. The van der Waals surface area contributed by atoms with E-state index in [2.05, 4.69) is 5.32 Å². The Kier molecular flexibility index (Phi) is 12.6. The molecule has 0 fully saturated rings. The molecule has 0 aliphatic rings. The summed E-state index contributed by atoms with van der Waals surface area (Å²) < 4.78 is 0. The maximum Gasteiger partial charge on any atom is 0.338 e. The Bertz CT molecular complexity index is 66.0. The van der Waals surface area contributed by atoms with Crippen LogP contribution in [0.25, 0.3) is 0 Å². The third-order valence-corrected chi connectivity index (χ3v) is 0.439. The molecule has 4 heteroatoms. The average Bonchev–Trinajstić information content (AvgIpc) is 1.93. The summed E-state index contributed by atoms with van der Waals surface area (Å²) in [4.78, 5) is 9.94. The van der Waals surface area contributed by atoms with Crippen molar-refractivity contribution in [1.82, 2.24) is 10.8 Å². The molecule has 0 aliphatic heterocycles. The van der Waals surface area contributed by atoms with Gasteiger partial charge in [-0.15, -0.1) is 0 Å². The molecule has 0 aromatic rings. The quantitative estimate of drug-likeness (QED) is 0.365. The topological polar surface area (TPSA) is 61.4 Å². The molecule has 0 spiro atoms. The molecule has 0 aromatic heterocycles. The molecule has 0 saturated carbocycles. The van der Waals surface area contributed by atoms with Crippen molar-refractivity contribution < 1.29 is 10.0 Å². The first-order valence-corrected chi connectivity index (χ1v) is 2.99. The Morgan fingerprint density at radius 1 is 1.56 bits per heavy atom. The van der Waals surface area contributed by atoms with Gasteiger partial charge in [-0.3, -0.25) is 5.21 Å². The van der Waals surface area contributed by atoms with Gasteiger partial charge >= 0.3 is 6.03 Å². The number of rotatable bonds is 1. The Morgan fingerprint density at radius 2 is 2.00 bits per heavy atom. The van der Waals surface area contributed by atoms with Crippen LogP contribution in [-0.2, 0) is 0 Å². The average molecular weight is 134 g/mol. The van der Waals surface area contributed by atoms with Crippen LogP contribution in [0.5, 0.6) is 0 Å². The van der Waals surface area contributed by atoms with E-state index in [9.17, 15) is 4.79 Å². The van der Waals surface area contributed by atoms with E-state index < -0.39 is 6.03 Å². The van der Waals surface area contributed by atoms with Crippen molar-refractivity contribution in [3.8, 4) is 0 Å². The lowest BCUT2D eigenvalue weighted by Crippen LogP contribution is -2.32. The molecule has 0 aliphatic carbocycles. The van der Waals surface area contributed by atoms with E-state index in [1.807, 2.05) is 13.8 Å². The van der Waals surface area contributed by atoms with Crippen molar-refractivity contribution in [1.29, 1.82) is 0 Å². The van der Waals surface area contributed by atoms with Crippen LogP contribution < -0.4 is 10.8 Å². The third-order valence-electron chi connectivity index (χ3n) is 0.439. The van der Waals surface area contributed by atoms with E-state index in [-0.39, 0.29) is 0 Å². The van der Waals surface area contributed by atoms with Gasteiger partial charge in [-0.25, -0.2) is 10.3 Å². The van der Waals surface area contributed by atoms with Gasteiger partial charge < -0.3 is 5.32 Å². The van der Waals surface area contributed by atoms with E-state index in [0.29, 0.717) is 6.54 Å². The van der Waals surface area contributed by atoms with Gasteiger partial charge in [0.05, 0.1) is 0 Å². The molecule has 56 valence electrons. The van der Waals surface area contributed by atoms with Crippen molar-refractivity contribution in [2.75, 3.05) is 6.54 Å². The number of carbonyl (C=O) groups is 1. The number of hydrogen-bond donors (Lipinski definition) is 3. The fourth-order valence-corrected chi connectivity index (χ4v) is 0.200. The van der Waals surface area contributed by atoms with Crippen molar-refractivity contribution in [2.45, 2.75) is 20.8 Å². The Labute approximate surface area is 55.2 Å². The minimum atomic E-state index is -0.567. The lowest BCUT2D eigenvalue weighted by atomic mass is 10.7. The molecule has 9 heavy (non-hydrogen) atoms. The second-order valence-electron chi connectivity index (χ2n) is 0.971. The summed E-state index contributed by atoms with van der Waals surface area (Å²) in [5.41, 5.74) is 1.42. The van der Waals surface area contributed by atoms with Crippen molar-refractivity contribution in [3.05, 3.63) is 0 Å². The minimum Gasteiger partial charge on any atom is -0.337 e. The normalized spacial score (nSPS) is 6.67. The number of urea groups is 1. The van der Waals surface area contributed by atoms with E-state index in [1.165, 1.54) is 5.48 Å². The second kappa shape index (κ2) is 10.3. The zero-order chi connectivity index (χ0) is 7.70. The molecular weight excluding hydrogens is 120 g/mol. The number of amides is 2. The first-order valence-electron chi connectivity index (χ1n) is 2.99. The molecule has 2 amide bonds. The van der Waals surface area contributed by atoms with Crippen LogP contribution in [0.4, 0.5) is 4.79 Å². The van der Waals surface area contributed by atoms with Crippen molar-refractivity contribution in [3.63, 3.8) is 0 Å². The van der Waals surface area contributed by atoms with Crippen LogP contribution in [0.2, 0.25) is 0 Å². The standard InChI is InChI=1S/C3H8N2O2.C2H6/c1-2-4-3(6)5-7;1-2/h7H,2H2,1H3,(H2,4,5,6);1-2H3. The number of hydroxylamine groups is 1. The minimum absolute atomic E-state index is 0.520. The summed E-state index contributed by atoms with van der Waals surface area (Å²) in [5, 5.41) is 10.1. The summed E-state index contributed by atoms with van der Waals surface area (Å²) in [6, 6.07) is -0.567.